The summed E-state index contributed by atoms with van der Waals surface area (Å²) in [6, 6.07) is 8.75. The zero-order valence-electron chi connectivity index (χ0n) is 10.5. The molecule has 0 aliphatic carbocycles. The number of nitrogens with one attached hydrogen (secondary N) is 1. The van der Waals surface area contributed by atoms with Crippen molar-refractivity contribution >= 4 is 11.6 Å². The molecule has 0 amide bonds. The summed E-state index contributed by atoms with van der Waals surface area (Å²) in [5.74, 6) is 0.695. The first-order valence-electron chi connectivity index (χ1n) is 6.09. The molecule has 1 aromatic carbocycles. The summed E-state index contributed by atoms with van der Waals surface area (Å²) in [5, 5.41) is 4.34. The van der Waals surface area contributed by atoms with Gasteiger partial charge in [0, 0.05) is 11.1 Å². The fourth-order valence-corrected chi connectivity index (χ4v) is 1.97. The molecule has 0 heterocycles. The summed E-state index contributed by atoms with van der Waals surface area (Å²) in [6.07, 6.45) is 2.31. The minimum absolute atomic E-state index is 0.563. The first-order valence-corrected chi connectivity index (χ1v) is 6.47. The number of benzene rings is 1. The van der Waals surface area contributed by atoms with Crippen LogP contribution in [0.1, 0.15) is 32.8 Å². The zero-order valence-corrected chi connectivity index (χ0v) is 11.2. The smallest absolute Gasteiger partial charge is 0.0408 e. The molecular formula is C14H22ClN. The molecule has 0 saturated carbocycles. The van der Waals surface area contributed by atoms with Crippen molar-refractivity contribution in [3.8, 4) is 0 Å². The number of hydrogen-bond acceptors (Lipinski definition) is 1. The van der Waals surface area contributed by atoms with Crippen molar-refractivity contribution in [3.63, 3.8) is 0 Å². The van der Waals surface area contributed by atoms with Gasteiger partial charge in [0.25, 0.3) is 0 Å². The topological polar surface area (TPSA) is 12.0 Å². The minimum atomic E-state index is 0.563. The molecule has 1 N–H and O–H groups in total. The van der Waals surface area contributed by atoms with Crippen molar-refractivity contribution in [2.24, 2.45) is 5.92 Å². The zero-order chi connectivity index (χ0) is 12.0. The second-order valence-corrected chi connectivity index (χ2v) is 5.11. The van der Waals surface area contributed by atoms with Gasteiger partial charge in [-0.05, 0) is 36.6 Å². The van der Waals surface area contributed by atoms with Gasteiger partial charge in [0.15, 0.2) is 0 Å². The Morgan fingerprint density at radius 2 is 2.06 bits per heavy atom. The number of hydrogen-bond donors (Lipinski definition) is 1. The molecule has 0 saturated heterocycles. The van der Waals surface area contributed by atoms with Crippen LogP contribution in [0, 0.1) is 5.92 Å². The van der Waals surface area contributed by atoms with Crippen LogP contribution in [-0.4, -0.2) is 12.6 Å². The average Bonchev–Trinajstić information content (AvgIpc) is 2.24. The van der Waals surface area contributed by atoms with Gasteiger partial charge in [0.05, 0.1) is 0 Å². The van der Waals surface area contributed by atoms with E-state index in [1.54, 1.807) is 0 Å². The van der Waals surface area contributed by atoms with Gasteiger partial charge in [-0.15, -0.1) is 0 Å². The van der Waals surface area contributed by atoms with E-state index in [4.69, 9.17) is 11.6 Å². The lowest BCUT2D eigenvalue weighted by molar-refractivity contribution is 0.436. The molecule has 1 atom stereocenters. The van der Waals surface area contributed by atoms with Gasteiger partial charge in [0.1, 0.15) is 0 Å². The first kappa shape index (κ1) is 13.5. The van der Waals surface area contributed by atoms with Gasteiger partial charge >= 0.3 is 0 Å². The average molecular weight is 240 g/mol. The summed E-state index contributed by atoms with van der Waals surface area (Å²) in [7, 11) is 0. The Bertz CT molecular complexity index is 309. The van der Waals surface area contributed by atoms with Gasteiger partial charge < -0.3 is 5.32 Å². The van der Waals surface area contributed by atoms with E-state index in [2.05, 4.69) is 38.2 Å². The third-order valence-electron chi connectivity index (χ3n) is 2.81. The second kappa shape index (κ2) is 6.93. The molecule has 0 aliphatic rings. The summed E-state index contributed by atoms with van der Waals surface area (Å²) < 4.78 is 0. The van der Waals surface area contributed by atoms with Crippen molar-refractivity contribution in [1.82, 2.24) is 5.32 Å². The highest BCUT2D eigenvalue weighted by Crippen LogP contribution is 2.16. The fourth-order valence-electron chi connectivity index (χ4n) is 1.76. The highest BCUT2D eigenvalue weighted by atomic mass is 35.5. The molecule has 0 fully saturated rings. The van der Waals surface area contributed by atoms with Gasteiger partial charge in [-0.25, -0.2) is 0 Å². The lowest BCUT2D eigenvalue weighted by Gasteiger charge is -2.17. The Morgan fingerprint density at radius 1 is 1.31 bits per heavy atom. The minimum Gasteiger partial charge on any atom is -0.314 e. The summed E-state index contributed by atoms with van der Waals surface area (Å²) in [6.45, 7) is 7.70. The van der Waals surface area contributed by atoms with Crippen molar-refractivity contribution in [2.45, 2.75) is 39.7 Å². The summed E-state index contributed by atoms with van der Waals surface area (Å²) in [5.41, 5.74) is 1.34. The van der Waals surface area contributed by atoms with Gasteiger partial charge in [0.2, 0.25) is 0 Å². The van der Waals surface area contributed by atoms with E-state index in [0.717, 1.165) is 18.0 Å². The van der Waals surface area contributed by atoms with Gasteiger partial charge in [-0.2, -0.15) is 0 Å². The third kappa shape index (κ3) is 5.00. The van der Waals surface area contributed by atoms with Crippen LogP contribution < -0.4 is 5.32 Å². The van der Waals surface area contributed by atoms with Crippen LogP contribution in [0.15, 0.2) is 24.3 Å². The van der Waals surface area contributed by atoms with Crippen molar-refractivity contribution in [2.75, 3.05) is 6.54 Å². The van der Waals surface area contributed by atoms with Gasteiger partial charge in [-0.1, -0.05) is 50.9 Å². The maximum Gasteiger partial charge on any atom is 0.0408 e. The highest BCUT2D eigenvalue weighted by Gasteiger charge is 2.08. The maximum absolute atomic E-state index is 5.98. The Morgan fingerprint density at radius 3 is 2.62 bits per heavy atom. The molecule has 0 bridgehead atoms. The Kier molecular flexibility index (Phi) is 5.86. The molecule has 16 heavy (non-hydrogen) atoms. The summed E-state index contributed by atoms with van der Waals surface area (Å²) >= 11 is 5.98. The maximum atomic E-state index is 5.98. The van der Waals surface area contributed by atoms with E-state index in [1.165, 1.54) is 12.0 Å². The van der Waals surface area contributed by atoms with E-state index in [0.29, 0.717) is 12.0 Å². The van der Waals surface area contributed by atoms with Crippen LogP contribution in [0.3, 0.4) is 0 Å². The molecule has 2 heteroatoms. The predicted octanol–water partition coefficient (Wildman–Crippen LogP) is 3.91. The van der Waals surface area contributed by atoms with Gasteiger partial charge in [-0.3, -0.25) is 0 Å². The second-order valence-electron chi connectivity index (χ2n) is 4.67. The lowest BCUT2D eigenvalue weighted by atomic mass is 9.96. The van der Waals surface area contributed by atoms with Crippen LogP contribution in [0.25, 0.3) is 0 Å². The quantitative estimate of drug-likeness (QED) is 0.794. The molecule has 0 radical (unpaired) electrons. The normalized spacial score (nSPS) is 13.1. The molecule has 1 unspecified atom stereocenters. The van der Waals surface area contributed by atoms with E-state index in [1.807, 2.05) is 12.1 Å². The Balaban J connectivity index is 2.49. The van der Waals surface area contributed by atoms with E-state index in [9.17, 15) is 0 Å². The monoisotopic (exact) mass is 239 g/mol. The van der Waals surface area contributed by atoms with Crippen LogP contribution in [0.5, 0.6) is 0 Å². The Labute approximate surface area is 104 Å². The van der Waals surface area contributed by atoms with Crippen molar-refractivity contribution in [1.29, 1.82) is 0 Å². The van der Waals surface area contributed by atoms with Crippen LogP contribution in [0.2, 0.25) is 5.02 Å². The van der Waals surface area contributed by atoms with E-state index >= 15 is 0 Å². The van der Waals surface area contributed by atoms with Crippen molar-refractivity contribution < 1.29 is 0 Å². The van der Waals surface area contributed by atoms with E-state index in [-0.39, 0.29) is 0 Å². The van der Waals surface area contributed by atoms with E-state index < -0.39 is 0 Å². The molecule has 90 valence electrons. The molecule has 0 aliphatic heterocycles. The molecular weight excluding hydrogens is 218 g/mol. The van der Waals surface area contributed by atoms with Crippen LogP contribution in [-0.2, 0) is 6.42 Å². The SMILES string of the molecule is CCC(CNC(C)C)Cc1cccc(Cl)c1. The van der Waals surface area contributed by atoms with Crippen LogP contribution >= 0.6 is 11.6 Å². The lowest BCUT2D eigenvalue weighted by Crippen LogP contribution is -2.29. The highest BCUT2D eigenvalue weighted by molar-refractivity contribution is 6.30. The molecule has 1 nitrogen and oxygen atoms in total. The molecule has 0 spiro atoms. The Hall–Kier alpha value is -0.530. The summed E-state index contributed by atoms with van der Waals surface area (Å²) in [4.78, 5) is 0. The number of halogens is 1. The first-order chi connectivity index (χ1) is 7.61. The fraction of sp³-hybridized carbons (Fsp3) is 0.571. The van der Waals surface area contributed by atoms with Crippen LogP contribution in [0.4, 0.5) is 0 Å². The predicted molar refractivity (Wildman–Crippen MR) is 72.1 cm³/mol. The third-order valence-corrected chi connectivity index (χ3v) is 3.04. The molecule has 1 rings (SSSR count). The standard InChI is InChI=1S/C14H22ClN/c1-4-12(10-16-11(2)3)8-13-6-5-7-14(15)9-13/h5-7,9,11-12,16H,4,8,10H2,1-3H3. The largest absolute Gasteiger partial charge is 0.314 e. The molecule has 1 aromatic rings. The molecule has 0 aromatic heterocycles. The van der Waals surface area contributed by atoms with Crippen molar-refractivity contribution in [3.05, 3.63) is 34.9 Å². The number of rotatable bonds is 6.